The number of alkyl halides is 6. The zero-order valence-electron chi connectivity index (χ0n) is 11.2. The van der Waals surface area contributed by atoms with Crippen molar-refractivity contribution in [2.45, 2.75) is 32.1 Å². The third-order valence-corrected chi connectivity index (χ3v) is 2.92. The van der Waals surface area contributed by atoms with E-state index in [-0.39, 0.29) is 12.0 Å². The number of carbonyl (C=O) groups excluding carboxylic acids is 1. The van der Waals surface area contributed by atoms with E-state index >= 15 is 0 Å². The van der Waals surface area contributed by atoms with Gasteiger partial charge >= 0.3 is 18.3 Å². The Hall–Kier alpha value is -1.73. The van der Waals surface area contributed by atoms with Crippen molar-refractivity contribution in [3.8, 4) is 0 Å². The number of ether oxygens (including phenoxy) is 1. The third-order valence-electron chi connectivity index (χ3n) is 2.92. The van der Waals surface area contributed by atoms with E-state index in [1.54, 1.807) is 0 Å². The van der Waals surface area contributed by atoms with Gasteiger partial charge in [0.15, 0.2) is 0 Å². The van der Waals surface area contributed by atoms with Gasteiger partial charge in [-0.05, 0) is 23.6 Å². The Labute approximate surface area is 116 Å². The van der Waals surface area contributed by atoms with E-state index in [1.807, 2.05) is 0 Å². The highest BCUT2D eigenvalue weighted by atomic mass is 19.4. The summed E-state index contributed by atoms with van der Waals surface area (Å²) in [5.41, 5.74) is -4.28. The van der Waals surface area contributed by atoms with Crippen LogP contribution in [0.4, 0.5) is 26.3 Å². The largest absolute Gasteiger partial charge is 0.469 e. The first-order valence-electron chi connectivity index (χ1n) is 5.88. The highest BCUT2D eigenvalue weighted by Gasteiger charge is 2.42. The Morgan fingerprint density at radius 1 is 1.10 bits per heavy atom. The SMILES string of the molecule is CCc1ccc(C(F)(F)F)c(CC(=O)OC)c1C(F)(F)F. The van der Waals surface area contributed by atoms with Crippen LogP contribution in [0.5, 0.6) is 0 Å². The number of hydrogen-bond donors (Lipinski definition) is 0. The first kappa shape index (κ1) is 17.3. The van der Waals surface area contributed by atoms with Crippen molar-refractivity contribution in [1.29, 1.82) is 0 Å². The van der Waals surface area contributed by atoms with Crippen LogP contribution < -0.4 is 0 Å². The summed E-state index contributed by atoms with van der Waals surface area (Å²) in [7, 11) is 0.895. The topological polar surface area (TPSA) is 26.3 Å². The number of rotatable bonds is 3. The molecule has 0 aromatic heterocycles. The first-order chi connectivity index (χ1) is 9.52. The fourth-order valence-electron chi connectivity index (χ4n) is 2.01. The van der Waals surface area contributed by atoms with Gasteiger partial charge in [0.1, 0.15) is 0 Å². The Morgan fingerprint density at radius 3 is 2.05 bits per heavy atom. The van der Waals surface area contributed by atoms with Gasteiger partial charge < -0.3 is 4.74 Å². The van der Waals surface area contributed by atoms with Gasteiger partial charge in [-0.15, -0.1) is 0 Å². The van der Waals surface area contributed by atoms with Crippen LogP contribution in [0, 0.1) is 0 Å². The van der Waals surface area contributed by atoms with E-state index < -0.39 is 41.4 Å². The van der Waals surface area contributed by atoms with Crippen LogP contribution in [-0.4, -0.2) is 13.1 Å². The molecular formula is C13H12F6O2. The summed E-state index contributed by atoms with van der Waals surface area (Å²) < 4.78 is 82.1. The normalized spacial score (nSPS) is 12.4. The molecule has 0 radical (unpaired) electrons. The molecule has 0 aliphatic carbocycles. The van der Waals surface area contributed by atoms with Crippen molar-refractivity contribution in [3.63, 3.8) is 0 Å². The molecule has 118 valence electrons. The number of aryl methyl sites for hydroxylation is 1. The zero-order chi connectivity index (χ0) is 16.4. The van der Waals surface area contributed by atoms with E-state index in [4.69, 9.17) is 0 Å². The van der Waals surface area contributed by atoms with Gasteiger partial charge in [-0.3, -0.25) is 4.79 Å². The molecule has 0 saturated heterocycles. The molecule has 0 unspecified atom stereocenters. The lowest BCUT2D eigenvalue weighted by Crippen LogP contribution is -2.21. The van der Waals surface area contributed by atoms with Gasteiger partial charge in [0.2, 0.25) is 0 Å². The summed E-state index contributed by atoms with van der Waals surface area (Å²) in [6.07, 6.45) is -11.2. The van der Waals surface area contributed by atoms with E-state index in [2.05, 4.69) is 4.74 Å². The lowest BCUT2D eigenvalue weighted by atomic mass is 9.91. The second-order valence-electron chi connectivity index (χ2n) is 4.23. The van der Waals surface area contributed by atoms with Gasteiger partial charge in [-0.2, -0.15) is 26.3 Å². The molecule has 0 atom stereocenters. The molecule has 0 spiro atoms. The Bertz CT molecular complexity index is 531. The molecule has 1 aromatic carbocycles. The Morgan fingerprint density at radius 2 is 1.67 bits per heavy atom. The lowest BCUT2D eigenvalue weighted by Gasteiger charge is -2.21. The minimum atomic E-state index is -4.99. The maximum Gasteiger partial charge on any atom is 0.416 e. The number of carbonyl (C=O) groups is 1. The summed E-state index contributed by atoms with van der Waals surface area (Å²) in [6.45, 7) is 1.39. The monoisotopic (exact) mass is 314 g/mol. The van der Waals surface area contributed by atoms with Crippen LogP contribution in [0.2, 0.25) is 0 Å². The zero-order valence-corrected chi connectivity index (χ0v) is 11.2. The molecule has 8 heteroatoms. The average molecular weight is 314 g/mol. The van der Waals surface area contributed by atoms with Crippen molar-refractivity contribution in [2.75, 3.05) is 7.11 Å². The Kier molecular flexibility index (Phi) is 4.91. The van der Waals surface area contributed by atoms with Gasteiger partial charge in [0, 0.05) is 0 Å². The molecule has 21 heavy (non-hydrogen) atoms. The summed E-state index contributed by atoms with van der Waals surface area (Å²) in [4.78, 5) is 11.2. The number of esters is 1. The van der Waals surface area contributed by atoms with Gasteiger partial charge in [0.25, 0.3) is 0 Å². The van der Waals surface area contributed by atoms with E-state index in [0.29, 0.717) is 6.07 Å². The van der Waals surface area contributed by atoms with Crippen LogP contribution in [0.1, 0.15) is 29.2 Å². The highest BCUT2D eigenvalue weighted by molar-refractivity contribution is 5.74. The predicted octanol–water partition coefficient (Wildman–Crippen LogP) is 4.00. The van der Waals surface area contributed by atoms with E-state index in [9.17, 15) is 31.1 Å². The standard InChI is InChI=1S/C13H12F6O2/c1-3-7-4-5-9(12(14,15)16)8(6-10(20)21-2)11(7)13(17,18)19/h4-5H,3,6H2,1-2H3. The maximum atomic E-state index is 13.1. The minimum Gasteiger partial charge on any atom is -0.469 e. The van der Waals surface area contributed by atoms with Crippen molar-refractivity contribution in [3.05, 3.63) is 34.4 Å². The first-order valence-corrected chi connectivity index (χ1v) is 5.88. The molecule has 2 nitrogen and oxygen atoms in total. The summed E-state index contributed by atoms with van der Waals surface area (Å²) in [5.74, 6) is -1.17. The second kappa shape index (κ2) is 5.95. The smallest absolute Gasteiger partial charge is 0.416 e. The van der Waals surface area contributed by atoms with E-state index in [0.717, 1.165) is 13.2 Å². The molecule has 0 saturated carbocycles. The summed E-state index contributed by atoms with van der Waals surface area (Å²) >= 11 is 0. The summed E-state index contributed by atoms with van der Waals surface area (Å²) in [5, 5.41) is 0. The molecule has 0 bridgehead atoms. The van der Waals surface area contributed by atoms with Crippen LogP contribution in [-0.2, 0) is 34.7 Å². The lowest BCUT2D eigenvalue weighted by molar-refractivity contribution is -0.146. The predicted molar refractivity (Wildman–Crippen MR) is 61.5 cm³/mol. The number of hydrogen-bond acceptors (Lipinski definition) is 2. The molecule has 0 heterocycles. The quantitative estimate of drug-likeness (QED) is 0.622. The maximum absolute atomic E-state index is 13.1. The number of halogens is 6. The van der Waals surface area contributed by atoms with Crippen LogP contribution in [0.3, 0.4) is 0 Å². The highest BCUT2D eigenvalue weighted by Crippen LogP contribution is 2.41. The fourth-order valence-corrected chi connectivity index (χ4v) is 2.01. The molecule has 1 rings (SSSR count). The molecule has 1 aromatic rings. The fraction of sp³-hybridized carbons (Fsp3) is 0.462. The minimum absolute atomic E-state index is 0.110. The van der Waals surface area contributed by atoms with Crippen molar-refractivity contribution in [2.24, 2.45) is 0 Å². The molecule has 0 aliphatic rings. The van der Waals surface area contributed by atoms with E-state index in [1.165, 1.54) is 6.92 Å². The molecule has 0 amide bonds. The molecule has 0 aliphatic heterocycles. The van der Waals surface area contributed by atoms with Gasteiger partial charge in [-0.1, -0.05) is 13.0 Å². The number of methoxy groups -OCH3 is 1. The van der Waals surface area contributed by atoms with Crippen LogP contribution in [0.15, 0.2) is 12.1 Å². The molecule has 0 N–H and O–H groups in total. The van der Waals surface area contributed by atoms with Crippen molar-refractivity contribution < 1.29 is 35.9 Å². The van der Waals surface area contributed by atoms with Gasteiger partial charge in [0.05, 0.1) is 24.7 Å². The van der Waals surface area contributed by atoms with Crippen molar-refractivity contribution in [1.82, 2.24) is 0 Å². The molecular weight excluding hydrogens is 302 g/mol. The third kappa shape index (κ3) is 3.89. The molecule has 0 fully saturated rings. The van der Waals surface area contributed by atoms with Gasteiger partial charge in [-0.25, -0.2) is 0 Å². The Balaban J connectivity index is 3.67. The van der Waals surface area contributed by atoms with Crippen LogP contribution in [0.25, 0.3) is 0 Å². The summed E-state index contributed by atoms with van der Waals surface area (Å²) in [6, 6.07) is 1.35. The second-order valence-corrected chi connectivity index (χ2v) is 4.23. The van der Waals surface area contributed by atoms with Crippen LogP contribution >= 0.6 is 0 Å². The van der Waals surface area contributed by atoms with Crippen molar-refractivity contribution >= 4 is 5.97 Å². The number of benzene rings is 1. The average Bonchev–Trinajstić information content (AvgIpc) is 2.35.